The molecule has 0 aliphatic heterocycles. The van der Waals surface area contributed by atoms with Gasteiger partial charge in [-0.2, -0.15) is 12.6 Å². The molecule has 2 amide bonds. The normalized spacial score (nSPS) is 15.1. The van der Waals surface area contributed by atoms with Gasteiger partial charge in [-0.3, -0.25) is 9.59 Å². The lowest BCUT2D eigenvalue weighted by Crippen LogP contribution is -2.52. The summed E-state index contributed by atoms with van der Waals surface area (Å²) in [4.78, 5) is 22.7. The first-order valence-corrected chi connectivity index (χ1v) is 6.00. The van der Waals surface area contributed by atoms with Gasteiger partial charge in [0.25, 0.3) is 0 Å². The smallest absolute Gasteiger partial charge is 0.243 e. The number of thiol groups is 1. The van der Waals surface area contributed by atoms with Crippen molar-refractivity contribution >= 4 is 24.4 Å². The molecule has 0 spiro atoms. The minimum atomic E-state index is -0.564. The molecule has 0 aliphatic carbocycles. The summed E-state index contributed by atoms with van der Waals surface area (Å²) in [6.45, 7) is 9.47. The highest BCUT2D eigenvalue weighted by Crippen LogP contribution is 2.18. The molecule has 4 nitrogen and oxygen atoms in total. The molecular formula is C11H22N2O2S. The number of amides is 2. The fourth-order valence-electron chi connectivity index (χ4n) is 0.970. The standard InChI is InChI=1S/C11H22N2O2S/c1-7(11(3,4)5)12-10(15)9(6-16)13-8(2)14/h7,9,16H,6H2,1-5H3,(H,12,15)(H,13,14). The van der Waals surface area contributed by atoms with E-state index in [1.165, 1.54) is 6.92 Å². The van der Waals surface area contributed by atoms with Crippen LogP contribution in [0, 0.1) is 5.41 Å². The summed E-state index contributed by atoms with van der Waals surface area (Å²) in [5.41, 5.74) is -0.00691. The van der Waals surface area contributed by atoms with Gasteiger partial charge in [0.2, 0.25) is 11.8 Å². The molecule has 2 atom stereocenters. The fourth-order valence-corrected chi connectivity index (χ4v) is 1.23. The van der Waals surface area contributed by atoms with Gasteiger partial charge in [-0.25, -0.2) is 0 Å². The Morgan fingerprint density at radius 2 is 1.75 bits per heavy atom. The summed E-state index contributed by atoms with van der Waals surface area (Å²) in [6, 6.07) is -0.526. The minimum Gasteiger partial charge on any atom is -0.351 e. The van der Waals surface area contributed by atoms with Gasteiger partial charge in [0.1, 0.15) is 6.04 Å². The van der Waals surface area contributed by atoms with E-state index in [4.69, 9.17) is 0 Å². The van der Waals surface area contributed by atoms with Crippen LogP contribution in [-0.4, -0.2) is 29.7 Å². The Kier molecular flexibility index (Phi) is 5.86. The highest BCUT2D eigenvalue weighted by molar-refractivity contribution is 7.80. The minimum absolute atomic E-state index is 0.00691. The van der Waals surface area contributed by atoms with Gasteiger partial charge < -0.3 is 10.6 Å². The molecule has 0 radical (unpaired) electrons. The third kappa shape index (κ3) is 5.39. The Bertz CT molecular complexity index is 261. The van der Waals surface area contributed by atoms with E-state index < -0.39 is 6.04 Å². The Hall–Kier alpha value is -0.710. The monoisotopic (exact) mass is 246 g/mol. The zero-order chi connectivity index (χ0) is 12.9. The molecule has 0 aliphatic rings. The molecular weight excluding hydrogens is 224 g/mol. The predicted molar refractivity (Wildman–Crippen MR) is 68.5 cm³/mol. The SMILES string of the molecule is CC(=O)NC(CS)C(=O)NC(C)C(C)(C)C. The Balaban J connectivity index is 4.37. The fraction of sp³-hybridized carbons (Fsp3) is 0.818. The zero-order valence-corrected chi connectivity index (χ0v) is 11.5. The molecule has 0 heterocycles. The molecule has 2 unspecified atom stereocenters. The van der Waals surface area contributed by atoms with Crippen LogP contribution in [0.25, 0.3) is 0 Å². The number of hydrogen-bond acceptors (Lipinski definition) is 3. The molecule has 0 fully saturated rings. The highest BCUT2D eigenvalue weighted by atomic mass is 32.1. The summed E-state index contributed by atoms with van der Waals surface area (Å²) in [5.74, 6) is -0.118. The summed E-state index contributed by atoms with van der Waals surface area (Å²) >= 11 is 4.05. The van der Waals surface area contributed by atoms with Crippen molar-refractivity contribution in [2.24, 2.45) is 5.41 Å². The summed E-state index contributed by atoms with van der Waals surface area (Å²) < 4.78 is 0. The molecule has 0 rings (SSSR count). The van der Waals surface area contributed by atoms with Crippen molar-refractivity contribution in [2.45, 2.75) is 46.7 Å². The van der Waals surface area contributed by atoms with Crippen molar-refractivity contribution in [2.75, 3.05) is 5.75 Å². The topological polar surface area (TPSA) is 58.2 Å². The van der Waals surface area contributed by atoms with Crippen molar-refractivity contribution in [3.63, 3.8) is 0 Å². The predicted octanol–water partition coefficient (Wildman–Crippen LogP) is 0.972. The van der Waals surface area contributed by atoms with Crippen LogP contribution in [0.15, 0.2) is 0 Å². The average Bonchev–Trinajstić information content (AvgIpc) is 2.11. The van der Waals surface area contributed by atoms with Gasteiger partial charge in [-0.1, -0.05) is 20.8 Å². The maximum atomic E-state index is 11.8. The number of carbonyl (C=O) groups excluding carboxylic acids is 2. The molecule has 0 saturated carbocycles. The van der Waals surface area contributed by atoms with Gasteiger partial charge in [-0.15, -0.1) is 0 Å². The lowest BCUT2D eigenvalue weighted by Gasteiger charge is -2.29. The molecule has 0 aromatic carbocycles. The van der Waals surface area contributed by atoms with Crippen LogP contribution >= 0.6 is 12.6 Å². The molecule has 0 bridgehead atoms. The van der Waals surface area contributed by atoms with Crippen molar-refractivity contribution in [1.82, 2.24) is 10.6 Å². The lowest BCUT2D eigenvalue weighted by atomic mass is 9.88. The van der Waals surface area contributed by atoms with Crippen molar-refractivity contribution in [1.29, 1.82) is 0 Å². The van der Waals surface area contributed by atoms with Crippen LogP contribution < -0.4 is 10.6 Å². The molecule has 16 heavy (non-hydrogen) atoms. The van der Waals surface area contributed by atoms with E-state index in [1.807, 2.05) is 27.7 Å². The van der Waals surface area contributed by atoms with Gasteiger partial charge in [0.15, 0.2) is 0 Å². The van der Waals surface area contributed by atoms with E-state index in [9.17, 15) is 9.59 Å². The zero-order valence-electron chi connectivity index (χ0n) is 10.6. The molecule has 0 saturated heterocycles. The van der Waals surface area contributed by atoms with Crippen LogP contribution in [0.2, 0.25) is 0 Å². The van der Waals surface area contributed by atoms with E-state index in [2.05, 4.69) is 23.3 Å². The maximum Gasteiger partial charge on any atom is 0.243 e. The first kappa shape index (κ1) is 15.3. The second-order valence-corrected chi connectivity index (χ2v) is 5.40. The van der Waals surface area contributed by atoms with E-state index in [0.29, 0.717) is 5.75 Å². The van der Waals surface area contributed by atoms with Crippen LogP contribution in [-0.2, 0) is 9.59 Å². The van der Waals surface area contributed by atoms with Crippen molar-refractivity contribution in [3.05, 3.63) is 0 Å². The quantitative estimate of drug-likeness (QED) is 0.647. The second-order valence-electron chi connectivity index (χ2n) is 5.03. The molecule has 0 aromatic rings. The van der Waals surface area contributed by atoms with E-state index in [-0.39, 0.29) is 23.3 Å². The number of hydrogen-bond donors (Lipinski definition) is 3. The van der Waals surface area contributed by atoms with Crippen molar-refractivity contribution < 1.29 is 9.59 Å². The first-order valence-electron chi connectivity index (χ1n) is 5.36. The first-order chi connectivity index (χ1) is 7.18. The second kappa shape index (κ2) is 6.13. The number of carbonyl (C=O) groups is 2. The van der Waals surface area contributed by atoms with Crippen LogP contribution in [0.1, 0.15) is 34.6 Å². The average molecular weight is 246 g/mol. The summed E-state index contributed by atoms with van der Waals surface area (Å²) in [7, 11) is 0. The van der Waals surface area contributed by atoms with Gasteiger partial charge in [0, 0.05) is 18.7 Å². The molecule has 94 valence electrons. The van der Waals surface area contributed by atoms with Crippen molar-refractivity contribution in [3.8, 4) is 0 Å². The third-order valence-corrected chi connectivity index (χ3v) is 2.90. The number of rotatable bonds is 4. The van der Waals surface area contributed by atoms with Gasteiger partial charge in [-0.05, 0) is 12.3 Å². The summed E-state index contributed by atoms with van der Waals surface area (Å²) in [6.07, 6.45) is 0. The maximum absolute atomic E-state index is 11.8. The number of nitrogens with one attached hydrogen (secondary N) is 2. The third-order valence-electron chi connectivity index (χ3n) is 2.53. The van der Waals surface area contributed by atoms with E-state index in [1.54, 1.807) is 0 Å². The van der Waals surface area contributed by atoms with Crippen LogP contribution in [0.3, 0.4) is 0 Å². The highest BCUT2D eigenvalue weighted by Gasteiger charge is 2.25. The van der Waals surface area contributed by atoms with Crippen LogP contribution in [0.5, 0.6) is 0 Å². The van der Waals surface area contributed by atoms with Gasteiger partial charge >= 0.3 is 0 Å². The van der Waals surface area contributed by atoms with Gasteiger partial charge in [0.05, 0.1) is 0 Å². The largest absolute Gasteiger partial charge is 0.351 e. The Labute approximate surface area is 103 Å². The van der Waals surface area contributed by atoms with E-state index in [0.717, 1.165) is 0 Å². The summed E-state index contributed by atoms with van der Waals surface area (Å²) in [5, 5.41) is 5.43. The molecule has 0 aromatic heterocycles. The van der Waals surface area contributed by atoms with Crippen LogP contribution in [0.4, 0.5) is 0 Å². The Morgan fingerprint density at radius 3 is 2.06 bits per heavy atom. The molecule has 2 N–H and O–H groups in total. The van der Waals surface area contributed by atoms with E-state index >= 15 is 0 Å². The lowest BCUT2D eigenvalue weighted by molar-refractivity contribution is -0.128. The Morgan fingerprint density at radius 1 is 1.25 bits per heavy atom. The molecule has 5 heteroatoms.